The molecule has 1 amide bonds. The van der Waals surface area contributed by atoms with Gasteiger partial charge in [0.25, 0.3) is 5.91 Å². The monoisotopic (exact) mass is 405 g/mol. The maximum Gasteiger partial charge on any atom is 0.255 e. The van der Waals surface area contributed by atoms with E-state index in [2.05, 4.69) is 5.32 Å². The smallest absolute Gasteiger partial charge is 0.255 e. The second kappa shape index (κ2) is 10.5. The van der Waals surface area contributed by atoms with Crippen LogP contribution in [0.3, 0.4) is 0 Å². The molecule has 0 saturated heterocycles. The summed E-state index contributed by atoms with van der Waals surface area (Å²) in [5, 5.41) is 2.93. The predicted octanol–water partition coefficient (Wildman–Crippen LogP) is 5.37. The van der Waals surface area contributed by atoms with Crippen molar-refractivity contribution in [2.24, 2.45) is 0 Å². The topological polar surface area (TPSA) is 56.8 Å². The van der Waals surface area contributed by atoms with Gasteiger partial charge in [-0.2, -0.15) is 0 Å². The van der Waals surface area contributed by atoms with E-state index >= 15 is 0 Å². The summed E-state index contributed by atoms with van der Waals surface area (Å²) in [7, 11) is 1.58. The molecule has 5 heteroatoms. The van der Waals surface area contributed by atoms with Crippen LogP contribution in [-0.4, -0.2) is 19.6 Å². The molecule has 0 fully saturated rings. The van der Waals surface area contributed by atoms with Gasteiger partial charge in [0.2, 0.25) is 0 Å². The SMILES string of the molecule is CCOc1ccc(C(=O)Nc2cc(C)ccc2OC)cc1COCc1ccccc1. The normalized spacial score (nSPS) is 10.5. The van der Waals surface area contributed by atoms with E-state index in [0.717, 1.165) is 22.4 Å². The third-order valence-electron chi connectivity index (χ3n) is 4.59. The number of carbonyl (C=O) groups excluding carboxylic acids is 1. The fraction of sp³-hybridized carbons (Fsp3) is 0.240. The van der Waals surface area contributed by atoms with E-state index in [1.165, 1.54) is 0 Å². The van der Waals surface area contributed by atoms with Gasteiger partial charge in [-0.05, 0) is 55.3 Å². The number of rotatable bonds is 9. The van der Waals surface area contributed by atoms with E-state index in [4.69, 9.17) is 14.2 Å². The van der Waals surface area contributed by atoms with Crippen LogP contribution in [0.15, 0.2) is 66.7 Å². The fourth-order valence-corrected chi connectivity index (χ4v) is 3.10. The van der Waals surface area contributed by atoms with Crippen molar-refractivity contribution in [3.63, 3.8) is 0 Å². The van der Waals surface area contributed by atoms with E-state index in [9.17, 15) is 4.79 Å². The van der Waals surface area contributed by atoms with Gasteiger partial charge < -0.3 is 19.5 Å². The molecule has 3 rings (SSSR count). The third-order valence-corrected chi connectivity index (χ3v) is 4.59. The third kappa shape index (κ3) is 5.61. The molecule has 0 aromatic heterocycles. The Morgan fingerprint density at radius 3 is 2.43 bits per heavy atom. The Balaban J connectivity index is 1.75. The van der Waals surface area contributed by atoms with Crippen LogP contribution in [0.5, 0.6) is 11.5 Å². The molecule has 0 heterocycles. The minimum Gasteiger partial charge on any atom is -0.495 e. The molecular formula is C25H27NO4. The highest BCUT2D eigenvalue weighted by molar-refractivity contribution is 6.05. The number of aryl methyl sites for hydroxylation is 1. The molecule has 3 aromatic rings. The quantitative estimate of drug-likeness (QED) is 0.520. The lowest BCUT2D eigenvalue weighted by atomic mass is 10.1. The van der Waals surface area contributed by atoms with Gasteiger partial charge in [0.15, 0.2) is 0 Å². The summed E-state index contributed by atoms with van der Waals surface area (Å²) in [5.41, 5.74) is 4.12. The first-order chi connectivity index (χ1) is 14.6. The second-order valence-corrected chi connectivity index (χ2v) is 6.89. The zero-order valence-electron chi connectivity index (χ0n) is 17.6. The average molecular weight is 405 g/mol. The van der Waals surface area contributed by atoms with E-state index in [-0.39, 0.29) is 5.91 Å². The number of ether oxygens (including phenoxy) is 3. The van der Waals surface area contributed by atoms with Crippen molar-refractivity contribution in [2.45, 2.75) is 27.1 Å². The average Bonchev–Trinajstić information content (AvgIpc) is 2.76. The van der Waals surface area contributed by atoms with Crippen molar-refractivity contribution in [1.29, 1.82) is 0 Å². The summed E-state index contributed by atoms with van der Waals surface area (Å²) in [4.78, 5) is 12.9. The maximum absolute atomic E-state index is 12.9. The number of amides is 1. The first-order valence-corrected chi connectivity index (χ1v) is 9.94. The molecule has 30 heavy (non-hydrogen) atoms. The minimum atomic E-state index is -0.216. The number of benzene rings is 3. The molecule has 0 aliphatic rings. The van der Waals surface area contributed by atoms with E-state index in [1.807, 2.05) is 74.5 Å². The zero-order valence-corrected chi connectivity index (χ0v) is 17.6. The van der Waals surface area contributed by atoms with Crippen molar-refractivity contribution in [2.75, 3.05) is 19.0 Å². The van der Waals surface area contributed by atoms with Crippen LogP contribution in [0.25, 0.3) is 0 Å². The highest BCUT2D eigenvalue weighted by Crippen LogP contribution is 2.27. The first kappa shape index (κ1) is 21.4. The highest BCUT2D eigenvalue weighted by Gasteiger charge is 2.13. The van der Waals surface area contributed by atoms with Crippen LogP contribution in [0.1, 0.15) is 34.0 Å². The molecule has 0 aliphatic carbocycles. The van der Waals surface area contributed by atoms with Crippen molar-refractivity contribution in [3.8, 4) is 11.5 Å². The molecule has 0 radical (unpaired) electrons. The minimum absolute atomic E-state index is 0.216. The van der Waals surface area contributed by atoms with Gasteiger partial charge in [0, 0.05) is 11.1 Å². The van der Waals surface area contributed by atoms with Crippen molar-refractivity contribution >= 4 is 11.6 Å². The number of carbonyl (C=O) groups is 1. The number of hydrogen-bond donors (Lipinski definition) is 1. The van der Waals surface area contributed by atoms with Gasteiger partial charge in [-0.1, -0.05) is 36.4 Å². The van der Waals surface area contributed by atoms with E-state index < -0.39 is 0 Å². The summed E-state index contributed by atoms with van der Waals surface area (Å²) < 4.78 is 16.9. The Morgan fingerprint density at radius 2 is 1.70 bits per heavy atom. The molecule has 0 saturated carbocycles. The summed E-state index contributed by atoms with van der Waals surface area (Å²) in [6, 6.07) is 21.0. The Bertz CT molecular complexity index is 986. The number of methoxy groups -OCH3 is 1. The Kier molecular flexibility index (Phi) is 7.46. The van der Waals surface area contributed by atoms with Crippen LogP contribution in [0.2, 0.25) is 0 Å². The van der Waals surface area contributed by atoms with Crippen LogP contribution in [-0.2, 0) is 18.0 Å². The number of hydrogen-bond acceptors (Lipinski definition) is 4. The van der Waals surface area contributed by atoms with E-state index in [0.29, 0.717) is 36.8 Å². The lowest BCUT2D eigenvalue weighted by Crippen LogP contribution is -2.13. The first-order valence-electron chi connectivity index (χ1n) is 9.94. The predicted molar refractivity (Wildman–Crippen MR) is 118 cm³/mol. The summed E-state index contributed by atoms with van der Waals surface area (Å²) in [6.45, 7) is 5.27. The fourth-order valence-electron chi connectivity index (χ4n) is 3.10. The standard InChI is InChI=1S/C25H27NO4/c1-4-30-23-13-11-20(15-21(23)17-29-16-19-8-6-5-7-9-19)25(27)26-22-14-18(2)10-12-24(22)28-3/h5-15H,4,16-17H2,1-3H3,(H,26,27). The van der Waals surface area contributed by atoms with Gasteiger partial charge in [-0.25, -0.2) is 0 Å². The molecule has 5 nitrogen and oxygen atoms in total. The molecule has 0 spiro atoms. The van der Waals surface area contributed by atoms with Gasteiger partial charge in [0.1, 0.15) is 11.5 Å². The lowest BCUT2D eigenvalue weighted by molar-refractivity contribution is 0.101. The molecule has 0 atom stereocenters. The van der Waals surface area contributed by atoms with Gasteiger partial charge in [-0.3, -0.25) is 4.79 Å². The van der Waals surface area contributed by atoms with Gasteiger partial charge >= 0.3 is 0 Å². The molecule has 0 bridgehead atoms. The van der Waals surface area contributed by atoms with Crippen LogP contribution < -0.4 is 14.8 Å². The number of nitrogens with one attached hydrogen (secondary N) is 1. The Morgan fingerprint density at radius 1 is 0.933 bits per heavy atom. The molecule has 1 N–H and O–H groups in total. The summed E-state index contributed by atoms with van der Waals surface area (Å²) >= 11 is 0. The second-order valence-electron chi connectivity index (χ2n) is 6.89. The molecular weight excluding hydrogens is 378 g/mol. The van der Waals surface area contributed by atoms with Crippen molar-refractivity contribution in [1.82, 2.24) is 0 Å². The number of anilines is 1. The molecule has 3 aromatic carbocycles. The summed E-state index contributed by atoms with van der Waals surface area (Å²) in [6.07, 6.45) is 0. The molecule has 156 valence electrons. The van der Waals surface area contributed by atoms with Crippen LogP contribution >= 0.6 is 0 Å². The van der Waals surface area contributed by atoms with Crippen molar-refractivity contribution in [3.05, 3.63) is 89.0 Å². The Hall–Kier alpha value is -3.31. The largest absolute Gasteiger partial charge is 0.495 e. The van der Waals surface area contributed by atoms with Gasteiger partial charge in [-0.15, -0.1) is 0 Å². The van der Waals surface area contributed by atoms with Crippen LogP contribution in [0, 0.1) is 6.92 Å². The van der Waals surface area contributed by atoms with E-state index in [1.54, 1.807) is 13.2 Å². The van der Waals surface area contributed by atoms with Crippen molar-refractivity contribution < 1.29 is 19.0 Å². The van der Waals surface area contributed by atoms with Crippen LogP contribution in [0.4, 0.5) is 5.69 Å². The molecule has 0 unspecified atom stereocenters. The highest BCUT2D eigenvalue weighted by atomic mass is 16.5. The zero-order chi connectivity index (χ0) is 21.3. The summed E-state index contributed by atoms with van der Waals surface area (Å²) in [5.74, 6) is 1.12. The Labute approximate surface area is 177 Å². The maximum atomic E-state index is 12.9. The molecule has 0 aliphatic heterocycles. The van der Waals surface area contributed by atoms with Gasteiger partial charge in [0.05, 0.1) is 32.6 Å². The lowest BCUT2D eigenvalue weighted by Gasteiger charge is -2.14.